The minimum Gasteiger partial charge on any atom is -0.731 e. The van der Waals surface area contributed by atoms with Gasteiger partial charge in [0.05, 0.1) is 0 Å². The zero-order valence-electron chi connectivity index (χ0n) is 5.27. The van der Waals surface area contributed by atoms with Crippen molar-refractivity contribution in [3.8, 4) is 0 Å². The van der Waals surface area contributed by atoms with Crippen LogP contribution >= 0.6 is 0 Å². The molecular weight excluding hydrogens is 182 g/mol. The van der Waals surface area contributed by atoms with Gasteiger partial charge in [-0.3, -0.25) is 4.72 Å². The number of hydrogen-bond donors (Lipinski definition) is 1. The van der Waals surface area contributed by atoms with Crippen molar-refractivity contribution in [2.24, 2.45) is 0 Å². The van der Waals surface area contributed by atoms with Crippen LogP contribution in [0.4, 0.5) is 13.2 Å². The monoisotopic (exact) mass is 183 g/mol. The predicted octanol–water partition coefficient (Wildman–Crippen LogP) is -2.92. The van der Waals surface area contributed by atoms with E-state index in [2.05, 4.69) is 0 Å². The van der Waals surface area contributed by atoms with Crippen LogP contribution in [0.1, 0.15) is 0 Å². The summed E-state index contributed by atoms with van der Waals surface area (Å²) in [4.78, 5) is 0. The van der Waals surface area contributed by atoms with Gasteiger partial charge in [0.15, 0.2) is 10.3 Å². The summed E-state index contributed by atoms with van der Waals surface area (Å²) in [6.07, 6.45) is -2.89. The van der Waals surface area contributed by atoms with Crippen LogP contribution in [0.2, 0.25) is 0 Å². The van der Waals surface area contributed by atoms with Gasteiger partial charge in [0.1, 0.15) is 0 Å². The summed E-state index contributed by atoms with van der Waals surface area (Å²) < 4.78 is 62.3. The third-order valence-corrected chi connectivity index (χ3v) is 0.810. The molecule has 0 unspecified atom stereocenters. The molecule has 0 aliphatic heterocycles. The number of rotatable bonds is 2. The topological polar surface area (TPSA) is 69.2 Å². The number of hydrogen-bond acceptors (Lipinski definition) is 3. The fourth-order valence-electron chi connectivity index (χ4n) is 0.148. The maximum Gasteiger partial charge on any atom is 1.00 e. The maximum absolute atomic E-state index is 11.5. The van der Waals surface area contributed by atoms with Gasteiger partial charge in [-0.25, -0.2) is 8.42 Å². The first-order valence-corrected chi connectivity index (χ1v) is 3.18. The standard InChI is InChI=1S/C2H2F3NO3S.Li/c3-1(4)2(5)6-10(7,8)9;/h6H,(H,7,8,9);/q;+1/p-1. The first kappa shape index (κ1) is 13.4. The van der Waals surface area contributed by atoms with Gasteiger partial charge < -0.3 is 4.55 Å². The molecule has 0 bridgehead atoms. The Balaban J connectivity index is 0. The van der Waals surface area contributed by atoms with Crippen LogP contribution < -0.4 is 23.6 Å². The average molecular weight is 183 g/mol. The van der Waals surface area contributed by atoms with E-state index in [1.54, 1.807) is 0 Å². The first-order chi connectivity index (χ1) is 4.33. The quantitative estimate of drug-likeness (QED) is 0.283. The van der Waals surface area contributed by atoms with Gasteiger partial charge in [-0.1, -0.05) is 0 Å². The van der Waals surface area contributed by atoms with E-state index in [4.69, 9.17) is 0 Å². The minimum absolute atomic E-state index is 0. The van der Waals surface area contributed by atoms with E-state index < -0.39 is 22.3 Å². The van der Waals surface area contributed by atoms with Crippen LogP contribution in [0.3, 0.4) is 0 Å². The maximum atomic E-state index is 11.5. The molecule has 0 spiro atoms. The zero-order chi connectivity index (χ0) is 8.36. The molecule has 9 heteroatoms. The number of nitrogens with one attached hydrogen (secondary N) is 1. The summed E-state index contributed by atoms with van der Waals surface area (Å²) in [5, 5.41) is 0. The van der Waals surface area contributed by atoms with E-state index in [-0.39, 0.29) is 18.9 Å². The Morgan fingerprint density at radius 2 is 1.64 bits per heavy atom. The molecule has 0 amide bonds. The SMILES string of the molecule is O=S(=O)([O-])NC(F)=C(F)F.[Li+]. The summed E-state index contributed by atoms with van der Waals surface area (Å²) in [5.74, 6) is -2.45. The van der Waals surface area contributed by atoms with Gasteiger partial charge in [0.2, 0.25) is 0 Å². The second kappa shape index (κ2) is 4.66. The molecule has 4 nitrogen and oxygen atoms in total. The molecule has 0 heterocycles. The van der Waals surface area contributed by atoms with Crippen molar-refractivity contribution in [1.82, 2.24) is 4.72 Å². The van der Waals surface area contributed by atoms with Crippen LogP contribution in [-0.2, 0) is 10.3 Å². The Labute approximate surface area is 72.5 Å². The van der Waals surface area contributed by atoms with Crippen molar-refractivity contribution in [3.63, 3.8) is 0 Å². The summed E-state index contributed by atoms with van der Waals surface area (Å²) >= 11 is 0. The molecule has 0 fully saturated rings. The molecule has 0 aromatic carbocycles. The van der Waals surface area contributed by atoms with Gasteiger partial charge in [0.25, 0.3) is 5.95 Å². The summed E-state index contributed by atoms with van der Waals surface area (Å²) in [5.41, 5.74) is 0. The van der Waals surface area contributed by atoms with E-state index in [1.165, 1.54) is 0 Å². The molecule has 1 N–H and O–H groups in total. The summed E-state index contributed by atoms with van der Waals surface area (Å²) in [6, 6.07) is 0. The molecule has 0 aromatic rings. The van der Waals surface area contributed by atoms with Gasteiger partial charge >= 0.3 is 24.9 Å². The molecule has 0 saturated carbocycles. The Morgan fingerprint density at radius 1 is 1.27 bits per heavy atom. The van der Waals surface area contributed by atoms with Crippen molar-refractivity contribution in [2.75, 3.05) is 0 Å². The van der Waals surface area contributed by atoms with E-state index in [0.717, 1.165) is 0 Å². The molecule has 0 radical (unpaired) electrons. The Morgan fingerprint density at radius 3 is 1.73 bits per heavy atom. The molecule has 60 valence electrons. The van der Waals surface area contributed by atoms with Crippen LogP contribution in [0.25, 0.3) is 0 Å². The smallest absolute Gasteiger partial charge is 0.731 e. The van der Waals surface area contributed by atoms with Gasteiger partial charge in [-0.05, 0) is 0 Å². The number of halogens is 3. The fraction of sp³-hybridized carbons (Fsp3) is 0. The fourth-order valence-corrected chi connectivity index (χ4v) is 0.445. The predicted molar refractivity (Wildman–Crippen MR) is 23.2 cm³/mol. The van der Waals surface area contributed by atoms with Gasteiger partial charge in [0, 0.05) is 0 Å². The van der Waals surface area contributed by atoms with Crippen molar-refractivity contribution in [3.05, 3.63) is 12.0 Å². The van der Waals surface area contributed by atoms with Crippen LogP contribution in [0, 0.1) is 0 Å². The molecule has 0 saturated heterocycles. The molecule has 0 rings (SSSR count). The largest absolute Gasteiger partial charge is 1.00 e. The zero-order valence-corrected chi connectivity index (χ0v) is 6.08. The van der Waals surface area contributed by atoms with E-state index >= 15 is 0 Å². The molecule has 0 aliphatic rings. The Bertz CT molecular complexity index is 245. The summed E-state index contributed by atoms with van der Waals surface area (Å²) in [6.45, 7) is 0. The average Bonchev–Trinajstić information content (AvgIpc) is 1.60. The third-order valence-electron chi connectivity index (χ3n) is 0.381. The van der Waals surface area contributed by atoms with Crippen molar-refractivity contribution in [1.29, 1.82) is 0 Å². The van der Waals surface area contributed by atoms with Crippen LogP contribution in [0.5, 0.6) is 0 Å². The normalized spacial score (nSPS) is 9.82. The van der Waals surface area contributed by atoms with E-state index in [1.807, 2.05) is 0 Å². The molecule has 0 atom stereocenters. The first-order valence-electron chi connectivity index (χ1n) is 1.77. The van der Waals surface area contributed by atoms with E-state index in [0.29, 0.717) is 4.72 Å². The van der Waals surface area contributed by atoms with E-state index in [9.17, 15) is 26.1 Å². The summed E-state index contributed by atoms with van der Waals surface area (Å²) in [7, 11) is -5.18. The second-order valence-corrected chi connectivity index (χ2v) is 2.24. The molecule has 0 aromatic heterocycles. The molecule has 11 heavy (non-hydrogen) atoms. The van der Waals surface area contributed by atoms with Crippen LogP contribution in [0.15, 0.2) is 12.0 Å². The molecular formula is C2HF3LiNO3S. The third kappa shape index (κ3) is 7.74. The van der Waals surface area contributed by atoms with Gasteiger partial charge in [-0.2, -0.15) is 13.2 Å². The minimum atomic E-state index is -5.18. The Hall–Kier alpha value is -0.163. The van der Waals surface area contributed by atoms with Crippen molar-refractivity contribution >= 4 is 10.3 Å². The molecule has 0 aliphatic carbocycles. The van der Waals surface area contributed by atoms with Crippen LogP contribution in [-0.4, -0.2) is 13.0 Å². The van der Waals surface area contributed by atoms with Gasteiger partial charge in [-0.15, -0.1) is 0 Å². The second-order valence-electron chi connectivity index (χ2n) is 1.13. The van der Waals surface area contributed by atoms with Crippen molar-refractivity contribution in [2.45, 2.75) is 0 Å². The Kier molecular flexibility index (Phi) is 5.69. The van der Waals surface area contributed by atoms with Crippen molar-refractivity contribution < 1.29 is 45.0 Å².